The lowest BCUT2D eigenvalue weighted by molar-refractivity contribution is 0.376. The molecule has 1 fully saturated rings. The summed E-state index contributed by atoms with van der Waals surface area (Å²) in [6.07, 6.45) is 2.55. The second-order valence-electron chi connectivity index (χ2n) is 3.28. The number of aromatic nitrogens is 1. The Kier molecular flexibility index (Phi) is 2.13. The van der Waals surface area contributed by atoms with Crippen LogP contribution in [0.2, 0.25) is 0 Å². The maximum atomic E-state index is 5.20. The van der Waals surface area contributed by atoms with Crippen LogP contribution in [-0.2, 0) is 6.54 Å². The van der Waals surface area contributed by atoms with E-state index in [1.807, 2.05) is 0 Å². The molecule has 1 aromatic heterocycles. The van der Waals surface area contributed by atoms with Gasteiger partial charge in [-0.05, 0) is 19.4 Å². The summed E-state index contributed by atoms with van der Waals surface area (Å²) in [4.78, 5) is 0. The molecular formula is C9H14N2O. The van der Waals surface area contributed by atoms with Gasteiger partial charge >= 0.3 is 0 Å². The smallest absolute Gasteiger partial charge is 0.140 e. The molecule has 1 heterocycles. The lowest BCUT2D eigenvalue weighted by Crippen LogP contribution is -2.11. The van der Waals surface area contributed by atoms with Crippen molar-refractivity contribution in [1.82, 2.24) is 10.5 Å². The third kappa shape index (κ3) is 1.67. The number of rotatable bonds is 4. The van der Waals surface area contributed by atoms with E-state index in [2.05, 4.69) is 23.5 Å². The maximum Gasteiger partial charge on any atom is 0.140 e. The molecule has 0 atom stereocenters. The molecule has 0 saturated heterocycles. The predicted molar refractivity (Wildman–Crippen MR) is 45.9 cm³/mol. The molecule has 1 aliphatic carbocycles. The molecule has 0 bridgehead atoms. The highest BCUT2D eigenvalue weighted by Gasteiger charge is 2.27. The average Bonchev–Trinajstić information content (AvgIpc) is 2.83. The van der Waals surface area contributed by atoms with E-state index in [4.69, 9.17) is 4.52 Å². The zero-order valence-electron chi connectivity index (χ0n) is 7.34. The summed E-state index contributed by atoms with van der Waals surface area (Å²) >= 11 is 0. The van der Waals surface area contributed by atoms with Crippen LogP contribution in [0.25, 0.3) is 0 Å². The Hall–Kier alpha value is -0.830. The number of hydrogen-bond acceptors (Lipinski definition) is 3. The van der Waals surface area contributed by atoms with Crippen LogP contribution in [0.1, 0.15) is 37.1 Å². The van der Waals surface area contributed by atoms with Gasteiger partial charge in [0.1, 0.15) is 5.76 Å². The molecule has 0 spiro atoms. The van der Waals surface area contributed by atoms with Gasteiger partial charge in [0.05, 0.1) is 5.69 Å². The first kappa shape index (κ1) is 7.80. The van der Waals surface area contributed by atoms with Crippen LogP contribution >= 0.6 is 0 Å². The van der Waals surface area contributed by atoms with E-state index in [0.29, 0.717) is 5.92 Å². The molecular weight excluding hydrogens is 152 g/mol. The molecule has 0 amide bonds. The summed E-state index contributed by atoms with van der Waals surface area (Å²) in [5, 5.41) is 7.19. The van der Waals surface area contributed by atoms with Gasteiger partial charge in [0.25, 0.3) is 0 Å². The summed E-state index contributed by atoms with van der Waals surface area (Å²) in [7, 11) is 0. The summed E-state index contributed by atoms with van der Waals surface area (Å²) < 4.78 is 5.20. The Labute approximate surface area is 72.1 Å². The first-order valence-electron chi connectivity index (χ1n) is 4.56. The summed E-state index contributed by atoms with van der Waals surface area (Å²) in [6, 6.07) is 2.07. The largest absolute Gasteiger partial charge is 0.361 e. The molecule has 3 heteroatoms. The van der Waals surface area contributed by atoms with Crippen molar-refractivity contribution < 1.29 is 4.52 Å². The van der Waals surface area contributed by atoms with Crippen molar-refractivity contribution in [2.45, 2.75) is 32.2 Å². The van der Waals surface area contributed by atoms with Crippen LogP contribution in [-0.4, -0.2) is 11.7 Å². The highest BCUT2D eigenvalue weighted by Crippen LogP contribution is 2.40. The fourth-order valence-electron chi connectivity index (χ4n) is 1.22. The maximum absolute atomic E-state index is 5.20. The normalized spacial score (nSPS) is 16.8. The molecule has 1 aromatic rings. The summed E-state index contributed by atoms with van der Waals surface area (Å²) in [5.74, 6) is 1.75. The Morgan fingerprint density at radius 3 is 3.17 bits per heavy atom. The first-order chi connectivity index (χ1) is 5.90. The van der Waals surface area contributed by atoms with Gasteiger partial charge in [0.2, 0.25) is 0 Å². The zero-order chi connectivity index (χ0) is 8.39. The molecule has 1 saturated carbocycles. The molecule has 0 aliphatic heterocycles. The van der Waals surface area contributed by atoms with Crippen LogP contribution < -0.4 is 5.32 Å². The Morgan fingerprint density at radius 2 is 2.50 bits per heavy atom. The molecule has 0 aromatic carbocycles. The summed E-state index contributed by atoms with van der Waals surface area (Å²) in [5.41, 5.74) is 1.03. The molecule has 0 unspecified atom stereocenters. The Balaban J connectivity index is 1.93. The van der Waals surface area contributed by atoms with Crippen molar-refractivity contribution in [2.24, 2.45) is 0 Å². The predicted octanol–water partition coefficient (Wildman–Crippen LogP) is 1.66. The van der Waals surface area contributed by atoms with Crippen molar-refractivity contribution in [3.05, 3.63) is 17.5 Å². The lowest BCUT2D eigenvalue weighted by atomic mass is 10.3. The van der Waals surface area contributed by atoms with E-state index in [1.165, 1.54) is 12.8 Å². The molecule has 66 valence electrons. The van der Waals surface area contributed by atoms with Crippen molar-refractivity contribution in [3.63, 3.8) is 0 Å². The third-order valence-corrected chi connectivity index (χ3v) is 2.11. The first-order valence-corrected chi connectivity index (χ1v) is 4.56. The molecule has 1 N–H and O–H groups in total. The highest BCUT2D eigenvalue weighted by molar-refractivity contribution is 5.14. The fourth-order valence-corrected chi connectivity index (χ4v) is 1.22. The number of nitrogens with zero attached hydrogens (tertiary/aromatic N) is 1. The minimum Gasteiger partial charge on any atom is -0.361 e. The van der Waals surface area contributed by atoms with Gasteiger partial charge in [-0.1, -0.05) is 12.1 Å². The van der Waals surface area contributed by atoms with Gasteiger partial charge in [0, 0.05) is 18.5 Å². The fraction of sp³-hybridized carbons (Fsp3) is 0.667. The van der Waals surface area contributed by atoms with Crippen molar-refractivity contribution in [1.29, 1.82) is 0 Å². The van der Waals surface area contributed by atoms with E-state index >= 15 is 0 Å². The van der Waals surface area contributed by atoms with Crippen molar-refractivity contribution >= 4 is 0 Å². The van der Waals surface area contributed by atoms with Gasteiger partial charge in [-0.3, -0.25) is 0 Å². The van der Waals surface area contributed by atoms with Crippen LogP contribution in [0.15, 0.2) is 10.6 Å². The standard InChI is InChI=1S/C9H14N2O/c1-2-10-6-8-5-9(12-11-8)7-3-4-7/h5,7,10H,2-4,6H2,1H3. The van der Waals surface area contributed by atoms with E-state index in [9.17, 15) is 0 Å². The Morgan fingerprint density at radius 1 is 1.67 bits per heavy atom. The quantitative estimate of drug-likeness (QED) is 0.739. The zero-order valence-corrected chi connectivity index (χ0v) is 7.34. The number of hydrogen-bond donors (Lipinski definition) is 1. The topological polar surface area (TPSA) is 38.1 Å². The van der Waals surface area contributed by atoms with Crippen molar-refractivity contribution in [2.75, 3.05) is 6.54 Å². The third-order valence-electron chi connectivity index (χ3n) is 2.11. The van der Waals surface area contributed by atoms with Gasteiger partial charge in [0.15, 0.2) is 0 Å². The summed E-state index contributed by atoms with van der Waals surface area (Å²) in [6.45, 7) is 3.89. The van der Waals surface area contributed by atoms with Crippen LogP contribution in [0, 0.1) is 0 Å². The monoisotopic (exact) mass is 166 g/mol. The molecule has 1 aliphatic rings. The van der Waals surface area contributed by atoms with E-state index < -0.39 is 0 Å². The van der Waals surface area contributed by atoms with E-state index in [0.717, 1.165) is 24.5 Å². The van der Waals surface area contributed by atoms with Crippen LogP contribution in [0.5, 0.6) is 0 Å². The SMILES string of the molecule is CCNCc1cc(C2CC2)on1. The van der Waals surface area contributed by atoms with Gasteiger partial charge in [-0.15, -0.1) is 0 Å². The van der Waals surface area contributed by atoms with Crippen LogP contribution in [0.3, 0.4) is 0 Å². The highest BCUT2D eigenvalue weighted by atomic mass is 16.5. The van der Waals surface area contributed by atoms with E-state index in [1.54, 1.807) is 0 Å². The second kappa shape index (κ2) is 3.27. The van der Waals surface area contributed by atoms with Crippen LogP contribution in [0.4, 0.5) is 0 Å². The van der Waals surface area contributed by atoms with Crippen molar-refractivity contribution in [3.8, 4) is 0 Å². The van der Waals surface area contributed by atoms with E-state index in [-0.39, 0.29) is 0 Å². The Bertz CT molecular complexity index is 253. The second-order valence-corrected chi connectivity index (χ2v) is 3.28. The van der Waals surface area contributed by atoms with Gasteiger partial charge < -0.3 is 9.84 Å². The minimum absolute atomic E-state index is 0.674. The van der Waals surface area contributed by atoms with Gasteiger partial charge in [-0.25, -0.2) is 0 Å². The molecule has 12 heavy (non-hydrogen) atoms. The molecule has 0 radical (unpaired) electrons. The van der Waals surface area contributed by atoms with Gasteiger partial charge in [-0.2, -0.15) is 0 Å². The number of nitrogens with one attached hydrogen (secondary N) is 1. The lowest BCUT2D eigenvalue weighted by Gasteiger charge is -1.93. The minimum atomic E-state index is 0.674. The molecule has 3 nitrogen and oxygen atoms in total. The molecule has 2 rings (SSSR count). The average molecular weight is 166 g/mol.